The number of carbonyl (C=O) groups is 1. The Kier molecular flexibility index (Phi) is 5.95. The number of carbonyl (C=O) groups excluding carboxylic acids is 1. The van der Waals surface area contributed by atoms with Crippen LogP contribution in [0.15, 0.2) is 58.4 Å². The summed E-state index contributed by atoms with van der Waals surface area (Å²) >= 11 is 7.77. The Labute approximate surface area is 211 Å². The van der Waals surface area contributed by atoms with Crippen LogP contribution in [-0.4, -0.2) is 39.5 Å². The Balaban J connectivity index is 1.81. The average molecular weight is 540 g/mol. The standard InChI is InChI=1S/C24H18ClF4N3O3S/c1-12(24(27,28)29)30-11-32(31-9-8-18(33)21(34)20(31)23(30)35)19-13-4-3-7-17(26)15(13)10-36-22-14(19)5-2-6-16(22)25/h2-9,12,19,34H,10-11H2,1H3/t12-,19-/m1/s1. The number of amides is 1. The monoisotopic (exact) mass is 539 g/mol. The summed E-state index contributed by atoms with van der Waals surface area (Å²) in [5.74, 6) is -2.40. The van der Waals surface area contributed by atoms with Crippen molar-refractivity contribution in [2.45, 2.75) is 35.8 Å². The largest absolute Gasteiger partial charge is 0.502 e. The highest BCUT2D eigenvalue weighted by Gasteiger charge is 2.47. The lowest BCUT2D eigenvalue weighted by Gasteiger charge is -2.46. The minimum absolute atomic E-state index is 0.215. The van der Waals surface area contributed by atoms with E-state index in [-0.39, 0.29) is 5.75 Å². The minimum atomic E-state index is -4.78. The molecule has 0 fully saturated rings. The summed E-state index contributed by atoms with van der Waals surface area (Å²) in [6.07, 6.45) is -3.56. The number of alkyl halides is 3. The summed E-state index contributed by atoms with van der Waals surface area (Å²) in [5, 5.41) is 12.3. The van der Waals surface area contributed by atoms with Gasteiger partial charge in [0.25, 0.3) is 5.91 Å². The molecule has 2 aliphatic rings. The highest BCUT2D eigenvalue weighted by molar-refractivity contribution is 7.98. The van der Waals surface area contributed by atoms with Gasteiger partial charge in [-0.2, -0.15) is 13.2 Å². The van der Waals surface area contributed by atoms with Gasteiger partial charge in [-0.25, -0.2) is 4.39 Å². The van der Waals surface area contributed by atoms with Crippen LogP contribution >= 0.6 is 23.4 Å². The number of fused-ring (bicyclic) bond motifs is 3. The van der Waals surface area contributed by atoms with Gasteiger partial charge in [0.05, 0.1) is 11.1 Å². The maximum absolute atomic E-state index is 15.0. The third-order valence-corrected chi connectivity index (χ3v) is 8.04. The summed E-state index contributed by atoms with van der Waals surface area (Å²) in [7, 11) is 0. The van der Waals surface area contributed by atoms with E-state index < -0.39 is 53.5 Å². The van der Waals surface area contributed by atoms with E-state index in [9.17, 15) is 32.3 Å². The van der Waals surface area contributed by atoms with Crippen molar-refractivity contribution in [3.05, 3.63) is 92.1 Å². The van der Waals surface area contributed by atoms with Crippen LogP contribution in [0.5, 0.6) is 5.75 Å². The van der Waals surface area contributed by atoms with Crippen molar-refractivity contribution in [1.29, 1.82) is 0 Å². The molecular formula is C24H18ClF4N3O3S. The lowest BCUT2D eigenvalue weighted by atomic mass is 9.94. The Hall–Kier alpha value is -3.18. The van der Waals surface area contributed by atoms with Gasteiger partial charge < -0.3 is 10.0 Å². The van der Waals surface area contributed by atoms with Gasteiger partial charge in [0, 0.05) is 28.5 Å². The third-order valence-electron chi connectivity index (χ3n) is 6.43. The van der Waals surface area contributed by atoms with E-state index in [1.165, 1.54) is 39.8 Å². The molecule has 6 nitrogen and oxygen atoms in total. The van der Waals surface area contributed by atoms with Gasteiger partial charge in [-0.05, 0) is 30.2 Å². The highest BCUT2D eigenvalue weighted by Crippen LogP contribution is 2.46. The Bertz CT molecular complexity index is 1390. The van der Waals surface area contributed by atoms with E-state index >= 15 is 0 Å². The molecule has 0 saturated heterocycles. The van der Waals surface area contributed by atoms with E-state index in [0.717, 1.165) is 13.0 Å². The van der Waals surface area contributed by atoms with E-state index in [1.807, 2.05) is 0 Å². The molecule has 36 heavy (non-hydrogen) atoms. The number of thioether (sulfide) groups is 1. The molecule has 0 radical (unpaired) electrons. The molecule has 188 valence electrons. The summed E-state index contributed by atoms with van der Waals surface area (Å²) in [6, 6.07) is 7.39. The highest BCUT2D eigenvalue weighted by atomic mass is 35.5. The van der Waals surface area contributed by atoms with Crippen molar-refractivity contribution in [2.24, 2.45) is 0 Å². The second kappa shape index (κ2) is 8.74. The molecule has 0 bridgehead atoms. The molecule has 2 aliphatic heterocycles. The predicted molar refractivity (Wildman–Crippen MR) is 126 cm³/mol. The molecule has 5 rings (SSSR count). The fourth-order valence-corrected chi connectivity index (χ4v) is 6.04. The molecule has 0 spiro atoms. The van der Waals surface area contributed by atoms with Crippen molar-refractivity contribution < 1.29 is 27.5 Å². The lowest BCUT2D eigenvalue weighted by Crippen LogP contribution is -2.60. The molecule has 1 N–H and O–H groups in total. The molecule has 0 saturated carbocycles. The van der Waals surface area contributed by atoms with Crippen LogP contribution in [0.4, 0.5) is 17.6 Å². The number of aromatic hydroxyl groups is 1. The summed E-state index contributed by atoms with van der Waals surface area (Å²) in [6.45, 7) is 0.261. The molecule has 3 aromatic rings. The molecule has 1 aromatic heterocycles. The summed E-state index contributed by atoms with van der Waals surface area (Å²) < 4.78 is 57.5. The second-order valence-corrected chi connectivity index (χ2v) is 9.84. The van der Waals surface area contributed by atoms with Gasteiger partial charge in [0.2, 0.25) is 5.43 Å². The first-order chi connectivity index (χ1) is 17.0. The van der Waals surface area contributed by atoms with Crippen LogP contribution in [0.2, 0.25) is 5.02 Å². The van der Waals surface area contributed by atoms with E-state index in [2.05, 4.69) is 0 Å². The predicted octanol–water partition coefficient (Wildman–Crippen LogP) is 5.04. The minimum Gasteiger partial charge on any atom is -0.502 e. The summed E-state index contributed by atoms with van der Waals surface area (Å²) in [4.78, 5) is 26.5. The van der Waals surface area contributed by atoms with Gasteiger partial charge in [-0.15, -0.1) is 11.8 Å². The van der Waals surface area contributed by atoms with Gasteiger partial charge >= 0.3 is 6.18 Å². The molecule has 12 heteroatoms. The molecule has 1 amide bonds. The average Bonchev–Trinajstić information content (AvgIpc) is 2.99. The van der Waals surface area contributed by atoms with Crippen LogP contribution in [-0.2, 0) is 5.75 Å². The van der Waals surface area contributed by atoms with Crippen molar-refractivity contribution in [3.63, 3.8) is 0 Å². The molecule has 2 atom stereocenters. The smallest absolute Gasteiger partial charge is 0.408 e. The number of nitrogens with zero attached hydrogens (tertiary/aromatic N) is 3. The van der Waals surface area contributed by atoms with Gasteiger partial charge in [0.1, 0.15) is 18.5 Å². The quantitative estimate of drug-likeness (QED) is 0.462. The molecule has 0 aliphatic carbocycles. The van der Waals surface area contributed by atoms with Crippen molar-refractivity contribution in [1.82, 2.24) is 9.58 Å². The first kappa shape index (κ1) is 24.5. The zero-order valence-electron chi connectivity index (χ0n) is 18.6. The van der Waals surface area contributed by atoms with Crippen LogP contribution in [0.25, 0.3) is 0 Å². The van der Waals surface area contributed by atoms with Crippen molar-refractivity contribution >= 4 is 29.3 Å². The van der Waals surface area contributed by atoms with Crippen LogP contribution in [0.1, 0.15) is 40.1 Å². The number of hydrogen-bond donors (Lipinski definition) is 1. The lowest BCUT2D eigenvalue weighted by molar-refractivity contribution is -0.173. The van der Waals surface area contributed by atoms with Crippen LogP contribution in [0.3, 0.4) is 0 Å². The van der Waals surface area contributed by atoms with E-state index in [1.54, 1.807) is 24.3 Å². The third kappa shape index (κ3) is 3.81. The SMILES string of the molecule is C[C@@H](N1CN([C@@H]2c3cccc(F)c3CSc3c(Cl)cccc32)n2ccc(=O)c(O)c2C1=O)C(F)(F)F. The summed E-state index contributed by atoms with van der Waals surface area (Å²) in [5.41, 5.74) is -0.152. The normalized spacial score (nSPS) is 18.3. The Morgan fingerprint density at radius 3 is 2.53 bits per heavy atom. The number of aromatic nitrogens is 1. The topological polar surface area (TPSA) is 65.8 Å². The van der Waals surface area contributed by atoms with Gasteiger partial charge in [0.15, 0.2) is 11.4 Å². The van der Waals surface area contributed by atoms with E-state index in [0.29, 0.717) is 31.5 Å². The maximum atomic E-state index is 15.0. The Morgan fingerprint density at radius 2 is 1.81 bits per heavy atom. The second-order valence-electron chi connectivity index (χ2n) is 8.45. The maximum Gasteiger partial charge on any atom is 0.408 e. The van der Waals surface area contributed by atoms with Crippen LogP contribution < -0.4 is 10.4 Å². The number of hydrogen-bond acceptors (Lipinski definition) is 5. The zero-order chi connectivity index (χ0) is 25.9. The van der Waals surface area contributed by atoms with Crippen molar-refractivity contribution in [3.8, 4) is 5.75 Å². The first-order valence-corrected chi connectivity index (χ1v) is 12.1. The molecule has 2 aromatic carbocycles. The van der Waals surface area contributed by atoms with Crippen LogP contribution in [0, 0.1) is 5.82 Å². The van der Waals surface area contributed by atoms with Crippen molar-refractivity contribution in [2.75, 3.05) is 11.7 Å². The van der Waals surface area contributed by atoms with Gasteiger partial charge in [-0.1, -0.05) is 35.9 Å². The number of halogens is 5. The van der Waals surface area contributed by atoms with Gasteiger partial charge in [-0.3, -0.25) is 19.3 Å². The molecule has 0 unspecified atom stereocenters. The Morgan fingerprint density at radius 1 is 1.11 bits per heavy atom. The fraction of sp³-hybridized carbons (Fsp3) is 0.250. The fourth-order valence-electron chi connectivity index (χ4n) is 4.55. The zero-order valence-corrected chi connectivity index (χ0v) is 20.2. The molecule has 3 heterocycles. The number of benzene rings is 2. The molecular weight excluding hydrogens is 522 g/mol. The number of pyridine rings is 1. The number of rotatable bonds is 2. The van der Waals surface area contributed by atoms with E-state index in [4.69, 9.17) is 11.6 Å². The first-order valence-electron chi connectivity index (χ1n) is 10.8.